The van der Waals surface area contributed by atoms with Gasteiger partial charge in [0.05, 0.1) is 12.2 Å². The Bertz CT molecular complexity index is 1430. The number of halogens is 2. The van der Waals surface area contributed by atoms with Crippen LogP contribution in [0.3, 0.4) is 0 Å². The first-order valence-corrected chi connectivity index (χ1v) is 12.0. The third-order valence-corrected chi connectivity index (χ3v) is 7.11. The predicted molar refractivity (Wildman–Crippen MR) is 132 cm³/mol. The van der Waals surface area contributed by atoms with Gasteiger partial charge in [-0.3, -0.25) is 0 Å². The molecule has 4 rings (SSSR count). The summed E-state index contributed by atoms with van der Waals surface area (Å²) in [7, 11) is -4.02. The van der Waals surface area contributed by atoms with Crippen molar-refractivity contribution in [1.82, 2.24) is 4.72 Å². The first-order chi connectivity index (χ1) is 16.2. The summed E-state index contributed by atoms with van der Waals surface area (Å²) in [5.41, 5.74) is 2.95. The van der Waals surface area contributed by atoms with Gasteiger partial charge in [-0.2, -0.15) is 0 Å². The van der Waals surface area contributed by atoms with Gasteiger partial charge in [-0.15, -0.1) is 0 Å². The van der Waals surface area contributed by atoms with Gasteiger partial charge in [0, 0.05) is 11.5 Å². The SMILES string of the molecule is C=Cc1ccc(CN=C2Nc3c(ccc(F)c3[C@@H](C)c3ccccc3F)S(=O)(=O)N2)cc1C=C. The summed E-state index contributed by atoms with van der Waals surface area (Å²) in [5.74, 6) is -1.94. The van der Waals surface area contributed by atoms with Gasteiger partial charge in [-0.25, -0.2) is 26.9 Å². The van der Waals surface area contributed by atoms with E-state index in [0.717, 1.165) is 22.8 Å². The molecule has 0 spiro atoms. The third kappa shape index (κ3) is 4.36. The highest BCUT2D eigenvalue weighted by molar-refractivity contribution is 7.90. The van der Waals surface area contributed by atoms with Gasteiger partial charge < -0.3 is 5.32 Å². The number of sulfonamides is 1. The fourth-order valence-electron chi connectivity index (χ4n) is 3.99. The monoisotopic (exact) mass is 479 g/mol. The molecule has 1 aliphatic heterocycles. The molecule has 174 valence electrons. The van der Waals surface area contributed by atoms with Crippen LogP contribution in [0.5, 0.6) is 0 Å². The highest BCUT2D eigenvalue weighted by Crippen LogP contribution is 2.38. The molecule has 2 N–H and O–H groups in total. The second kappa shape index (κ2) is 9.23. The number of rotatable bonds is 6. The summed E-state index contributed by atoms with van der Waals surface area (Å²) in [4.78, 5) is 4.23. The van der Waals surface area contributed by atoms with Crippen LogP contribution in [-0.2, 0) is 16.6 Å². The van der Waals surface area contributed by atoms with Crippen molar-refractivity contribution >= 4 is 33.8 Å². The van der Waals surface area contributed by atoms with Gasteiger partial charge in [0.1, 0.15) is 16.5 Å². The maximum atomic E-state index is 15.0. The zero-order valence-corrected chi connectivity index (χ0v) is 19.3. The van der Waals surface area contributed by atoms with Crippen molar-refractivity contribution in [3.05, 3.63) is 107 Å². The number of aliphatic imine (C=N–C) groups is 1. The lowest BCUT2D eigenvalue weighted by molar-refractivity contribution is 0.577. The fraction of sp³-hybridized carbons (Fsp3) is 0.115. The molecular weight excluding hydrogens is 456 g/mol. The quantitative estimate of drug-likeness (QED) is 0.479. The standard InChI is InChI=1S/C26H23F2N3O2S/c1-4-18-11-10-17(14-19(18)5-2)15-29-26-30-25-23(34(32,33)31-26)13-12-22(28)24(25)16(3)20-8-6-7-9-21(20)27/h4-14,16H,1-2,15H2,3H3,(H2,29,30,31)/t16-/m0/s1. The largest absolute Gasteiger partial charge is 0.324 e. The summed E-state index contributed by atoms with van der Waals surface area (Å²) < 4.78 is 57.6. The zero-order chi connectivity index (χ0) is 24.5. The molecule has 0 aliphatic carbocycles. The summed E-state index contributed by atoms with van der Waals surface area (Å²) >= 11 is 0. The molecule has 0 radical (unpaired) electrons. The molecule has 0 amide bonds. The van der Waals surface area contributed by atoms with Crippen molar-refractivity contribution in [1.29, 1.82) is 0 Å². The lowest BCUT2D eigenvalue weighted by atomic mass is 9.91. The number of guanidine groups is 1. The number of hydrogen-bond donors (Lipinski definition) is 2. The average molecular weight is 480 g/mol. The molecule has 8 heteroatoms. The molecule has 3 aromatic carbocycles. The maximum absolute atomic E-state index is 15.0. The highest BCUT2D eigenvalue weighted by atomic mass is 32.2. The molecule has 1 atom stereocenters. The second-order valence-corrected chi connectivity index (χ2v) is 9.50. The van der Waals surface area contributed by atoms with Gasteiger partial charge in [-0.05, 0) is 46.5 Å². The van der Waals surface area contributed by atoms with Crippen LogP contribution in [-0.4, -0.2) is 14.4 Å². The lowest BCUT2D eigenvalue weighted by Gasteiger charge is -2.26. The molecule has 0 unspecified atom stereocenters. The van der Waals surface area contributed by atoms with E-state index < -0.39 is 27.6 Å². The third-order valence-electron chi connectivity index (χ3n) is 5.73. The summed E-state index contributed by atoms with van der Waals surface area (Å²) in [6, 6.07) is 13.9. The Balaban J connectivity index is 1.74. The Morgan fingerprint density at radius 2 is 1.74 bits per heavy atom. The minimum atomic E-state index is -4.02. The smallest absolute Gasteiger partial charge is 0.266 e. The number of fused-ring (bicyclic) bond motifs is 1. The van der Waals surface area contributed by atoms with Crippen LogP contribution in [0.15, 0.2) is 77.6 Å². The van der Waals surface area contributed by atoms with Gasteiger partial charge in [0.15, 0.2) is 0 Å². The number of nitrogens with one attached hydrogen (secondary N) is 2. The normalized spacial score (nSPS) is 16.1. The average Bonchev–Trinajstić information content (AvgIpc) is 2.81. The van der Waals surface area contributed by atoms with Crippen LogP contribution in [0.25, 0.3) is 12.2 Å². The van der Waals surface area contributed by atoms with Crippen molar-refractivity contribution in [3.63, 3.8) is 0 Å². The molecule has 3 aromatic rings. The number of anilines is 1. The predicted octanol–water partition coefficient (Wildman–Crippen LogP) is 5.66. The molecule has 0 aromatic heterocycles. The number of benzene rings is 3. The van der Waals surface area contributed by atoms with Crippen molar-refractivity contribution in [2.45, 2.75) is 24.3 Å². The van der Waals surface area contributed by atoms with Gasteiger partial charge >= 0.3 is 0 Å². The van der Waals surface area contributed by atoms with E-state index in [1.165, 1.54) is 12.1 Å². The molecule has 1 aliphatic rings. The van der Waals surface area contributed by atoms with E-state index in [1.54, 1.807) is 37.3 Å². The summed E-state index contributed by atoms with van der Waals surface area (Å²) in [5, 5.41) is 2.91. The van der Waals surface area contributed by atoms with Gasteiger partial charge in [0.25, 0.3) is 10.0 Å². The topological polar surface area (TPSA) is 70.6 Å². The van der Waals surface area contributed by atoms with E-state index in [-0.39, 0.29) is 34.2 Å². The van der Waals surface area contributed by atoms with E-state index in [0.29, 0.717) is 0 Å². The first kappa shape index (κ1) is 23.4. The van der Waals surface area contributed by atoms with Crippen molar-refractivity contribution in [2.75, 3.05) is 5.32 Å². The van der Waals surface area contributed by atoms with E-state index in [4.69, 9.17) is 0 Å². The van der Waals surface area contributed by atoms with Gasteiger partial charge in [0.2, 0.25) is 5.96 Å². The Morgan fingerprint density at radius 1 is 1.00 bits per heavy atom. The van der Waals surface area contributed by atoms with E-state index in [2.05, 4.69) is 28.2 Å². The van der Waals surface area contributed by atoms with Crippen molar-refractivity contribution in [3.8, 4) is 0 Å². The molecule has 0 fully saturated rings. The molecule has 34 heavy (non-hydrogen) atoms. The Labute approximate surface area is 197 Å². The molecule has 5 nitrogen and oxygen atoms in total. The maximum Gasteiger partial charge on any atom is 0.266 e. The molecule has 0 bridgehead atoms. The fourth-order valence-corrected chi connectivity index (χ4v) is 5.14. The summed E-state index contributed by atoms with van der Waals surface area (Å²) in [6.45, 7) is 9.34. The molecular formula is C26H23F2N3O2S. The van der Waals surface area contributed by atoms with Crippen LogP contribution < -0.4 is 10.0 Å². The second-order valence-electron chi connectivity index (χ2n) is 7.84. The Morgan fingerprint density at radius 3 is 2.44 bits per heavy atom. The molecule has 0 saturated carbocycles. The Kier molecular flexibility index (Phi) is 6.34. The van der Waals surface area contributed by atoms with E-state index in [9.17, 15) is 17.2 Å². The van der Waals surface area contributed by atoms with E-state index >= 15 is 0 Å². The first-order valence-electron chi connectivity index (χ1n) is 10.5. The highest BCUT2D eigenvalue weighted by Gasteiger charge is 2.32. The van der Waals surface area contributed by atoms with Crippen LogP contribution in [0.4, 0.5) is 14.5 Å². The number of nitrogens with zero attached hydrogens (tertiary/aromatic N) is 1. The Hall–Kier alpha value is -3.78. The van der Waals surface area contributed by atoms with Crippen molar-refractivity contribution < 1.29 is 17.2 Å². The molecule has 1 heterocycles. The summed E-state index contributed by atoms with van der Waals surface area (Å²) in [6.07, 6.45) is 3.41. The lowest BCUT2D eigenvalue weighted by Crippen LogP contribution is -2.41. The van der Waals surface area contributed by atoms with Crippen LogP contribution in [0, 0.1) is 11.6 Å². The van der Waals surface area contributed by atoms with Crippen LogP contribution in [0.2, 0.25) is 0 Å². The number of hydrogen-bond acceptors (Lipinski definition) is 3. The minimum Gasteiger partial charge on any atom is -0.324 e. The van der Waals surface area contributed by atoms with E-state index in [1.807, 2.05) is 18.2 Å². The van der Waals surface area contributed by atoms with Crippen molar-refractivity contribution in [2.24, 2.45) is 4.99 Å². The zero-order valence-electron chi connectivity index (χ0n) is 18.5. The van der Waals surface area contributed by atoms with Gasteiger partial charge in [-0.1, -0.05) is 62.6 Å². The minimum absolute atomic E-state index is 0.0436. The van der Waals surface area contributed by atoms with Crippen LogP contribution in [0.1, 0.15) is 40.7 Å². The van der Waals surface area contributed by atoms with Crippen LogP contribution >= 0.6 is 0 Å². The molecule has 0 saturated heterocycles.